The molecule has 0 heterocycles. The van der Waals surface area contributed by atoms with Crippen LogP contribution in [0.25, 0.3) is 0 Å². The third kappa shape index (κ3) is 3.31. The van der Waals surface area contributed by atoms with E-state index in [4.69, 9.17) is 17.3 Å². The molecule has 1 rings (SSSR count). The number of hydrogen-bond donors (Lipinski definition) is 2. The van der Waals surface area contributed by atoms with Crippen molar-refractivity contribution in [2.45, 2.75) is 25.2 Å². The zero-order chi connectivity index (χ0) is 13.8. The number of rotatable bonds is 5. The van der Waals surface area contributed by atoms with Crippen molar-refractivity contribution in [2.24, 2.45) is 0 Å². The Labute approximate surface area is 117 Å². The van der Waals surface area contributed by atoms with Crippen LogP contribution >= 0.6 is 24.8 Å². The fourth-order valence-corrected chi connectivity index (χ4v) is 2.13. The Morgan fingerprint density at radius 3 is 2.67 bits per heavy atom. The molecule has 5 heteroatoms. The maximum atomic E-state index is 10.7. The SMILES string of the molecule is CC(C#N)(CCC(=O)O)c1ccccc1C(=S)S. The molecule has 0 fully saturated rings. The highest BCUT2D eigenvalue weighted by atomic mass is 32.1. The van der Waals surface area contributed by atoms with Crippen LogP contribution in [0.2, 0.25) is 0 Å². The molecule has 0 aromatic heterocycles. The van der Waals surface area contributed by atoms with Crippen LogP contribution in [0.3, 0.4) is 0 Å². The lowest BCUT2D eigenvalue weighted by Gasteiger charge is -2.23. The van der Waals surface area contributed by atoms with Gasteiger partial charge in [0.05, 0.1) is 15.7 Å². The molecule has 0 saturated heterocycles. The van der Waals surface area contributed by atoms with Gasteiger partial charge in [0, 0.05) is 12.0 Å². The van der Waals surface area contributed by atoms with Gasteiger partial charge in [-0.3, -0.25) is 4.79 Å². The van der Waals surface area contributed by atoms with Gasteiger partial charge in [-0.2, -0.15) is 5.26 Å². The fraction of sp³-hybridized carbons (Fsp3) is 0.308. The van der Waals surface area contributed by atoms with Gasteiger partial charge in [0.1, 0.15) is 0 Å². The average Bonchev–Trinajstić information content (AvgIpc) is 2.36. The lowest BCUT2D eigenvalue weighted by molar-refractivity contribution is -0.137. The van der Waals surface area contributed by atoms with E-state index in [0.29, 0.717) is 9.76 Å². The zero-order valence-corrected chi connectivity index (χ0v) is 11.6. The summed E-state index contributed by atoms with van der Waals surface area (Å²) < 4.78 is 0.405. The van der Waals surface area contributed by atoms with Gasteiger partial charge in [-0.1, -0.05) is 36.5 Å². The minimum atomic E-state index is -0.914. The Bertz CT molecular complexity index is 522. The lowest BCUT2D eigenvalue weighted by Crippen LogP contribution is -2.23. The first kappa shape index (κ1) is 14.7. The number of thiocarbonyl (C=S) groups is 1. The van der Waals surface area contributed by atoms with Crippen LogP contribution in [-0.4, -0.2) is 15.3 Å². The lowest BCUT2D eigenvalue weighted by atomic mass is 9.78. The predicted molar refractivity (Wildman–Crippen MR) is 77.0 cm³/mol. The van der Waals surface area contributed by atoms with Crippen LogP contribution in [0.15, 0.2) is 24.3 Å². The second-order valence-corrected chi connectivity index (χ2v) is 5.35. The molecule has 18 heavy (non-hydrogen) atoms. The second-order valence-electron chi connectivity index (χ2n) is 4.19. The number of nitrogens with zero attached hydrogens (tertiary/aromatic N) is 1. The standard InChI is InChI=1S/C13H13NO2S2/c1-13(8-14,7-6-11(15)16)10-5-3-2-4-9(10)12(17)18/h2-5H,6-7H2,1H3,(H,15,16)(H,17,18). The Hall–Kier alpha value is -1.38. The molecule has 0 aliphatic rings. The maximum Gasteiger partial charge on any atom is 0.303 e. The van der Waals surface area contributed by atoms with Crippen LogP contribution in [0.1, 0.15) is 30.9 Å². The molecule has 3 nitrogen and oxygen atoms in total. The number of nitriles is 1. The molecule has 0 amide bonds. The summed E-state index contributed by atoms with van der Waals surface area (Å²) in [4.78, 5) is 10.7. The average molecular weight is 279 g/mol. The quantitative estimate of drug-likeness (QED) is 0.642. The Morgan fingerprint density at radius 1 is 1.56 bits per heavy atom. The molecular formula is C13H13NO2S2. The minimum Gasteiger partial charge on any atom is -0.481 e. The summed E-state index contributed by atoms with van der Waals surface area (Å²) >= 11 is 9.18. The summed E-state index contributed by atoms with van der Waals surface area (Å²) in [7, 11) is 0. The molecule has 0 bridgehead atoms. The molecule has 0 aliphatic carbocycles. The molecular weight excluding hydrogens is 266 g/mol. The Morgan fingerprint density at radius 2 is 2.17 bits per heavy atom. The van der Waals surface area contributed by atoms with E-state index in [1.165, 1.54) is 0 Å². The van der Waals surface area contributed by atoms with E-state index in [9.17, 15) is 10.1 Å². The van der Waals surface area contributed by atoms with E-state index in [0.717, 1.165) is 5.56 Å². The molecule has 1 atom stereocenters. The van der Waals surface area contributed by atoms with E-state index >= 15 is 0 Å². The van der Waals surface area contributed by atoms with Crippen molar-refractivity contribution in [1.29, 1.82) is 5.26 Å². The van der Waals surface area contributed by atoms with Crippen molar-refractivity contribution in [1.82, 2.24) is 0 Å². The third-order valence-corrected chi connectivity index (χ3v) is 3.30. The molecule has 1 unspecified atom stereocenters. The van der Waals surface area contributed by atoms with Crippen LogP contribution in [0.5, 0.6) is 0 Å². The fourth-order valence-electron chi connectivity index (χ4n) is 1.76. The summed E-state index contributed by atoms with van der Waals surface area (Å²) in [5.41, 5.74) is 0.570. The van der Waals surface area contributed by atoms with Gasteiger partial charge in [0.15, 0.2) is 0 Å². The molecule has 0 spiro atoms. The van der Waals surface area contributed by atoms with Gasteiger partial charge in [0.2, 0.25) is 0 Å². The highest BCUT2D eigenvalue weighted by molar-refractivity contribution is 8.11. The molecule has 0 radical (unpaired) electrons. The number of benzene rings is 1. The van der Waals surface area contributed by atoms with E-state index in [1.807, 2.05) is 6.07 Å². The Balaban J connectivity index is 3.20. The molecule has 1 aromatic carbocycles. The van der Waals surface area contributed by atoms with Crippen molar-refractivity contribution < 1.29 is 9.90 Å². The topological polar surface area (TPSA) is 61.1 Å². The highest BCUT2D eigenvalue weighted by Crippen LogP contribution is 2.31. The van der Waals surface area contributed by atoms with Crippen LogP contribution < -0.4 is 0 Å². The second kappa shape index (κ2) is 5.98. The van der Waals surface area contributed by atoms with Gasteiger partial charge >= 0.3 is 5.97 Å². The molecule has 1 N–H and O–H groups in total. The van der Waals surface area contributed by atoms with Gasteiger partial charge in [-0.05, 0) is 18.9 Å². The van der Waals surface area contributed by atoms with Gasteiger partial charge in [-0.25, -0.2) is 0 Å². The van der Waals surface area contributed by atoms with Gasteiger partial charge < -0.3 is 5.11 Å². The van der Waals surface area contributed by atoms with Crippen LogP contribution in [0.4, 0.5) is 0 Å². The normalized spacial score (nSPS) is 13.4. The van der Waals surface area contributed by atoms with Gasteiger partial charge in [-0.15, -0.1) is 12.6 Å². The summed E-state index contributed by atoms with van der Waals surface area (Å²) in [6.45, 7) is 1.72. The first-order valence-electron chi connectivity index (χ1n) is 5.36. The van der Waals surface area contributed by atoms with E-state index in [-0.39, 0.29) is 12.8 Å². The zero-order valence-electron chi connectivity index (χ0n) is 9.88. The Kier molecular flexibility index (Phi) is 4.88. The first-order chi connectivity index (χ1) is 8.40. The summed E-state index contributed by atoms with van der Waals surface area (Å²) in [6, 6.07) is 9.40. The molecule has 1 aromatic rings. The number of thiol groups is 1. The number of carbonyl (C=O) groups is 1. The van der Waals surface area contributed by atoms with Crippen molar-refractivity contribution >= 4 is 35.0 Å². The third-order valence-electron chi connectivity index (χ3n) is 2.84. The van der Waals surface area contributed by atoms with Crippen molar-refractivity contribution in [3.05, 3.63) is 35.4 Å². The van der Waals surface area contributed by atoms with Crippen molar-refractivity contribution in [3.8, 4) is 6.07 Å². The number of carboxylic acid groups (broad SMARTS) is 1. The summed E-state index contributed by atoms with van der Waals surface area (Å²) in [5.74, 6) is -0.914. The van der Waals surface area contributed by atoms with Crippen LogP contribution in [0, 0.1) is 11.3 Å². The number of aliphatic carboxylic acids is 1. The van der Waals surface area contributed by atoms with Crippen molar-refractivity contribution in [2.75, 3.05) is 0 Å². The smallest absolute Gasteiger partial charge is 0.303 e. The summed E-state index contributed by atoms with van der Waals surface area (Å²) in [6.07, 6.45) is 0.184. The highest BCUT2D eigenvalue weighted by Gasteiger charge is 2.29. The maximum absolute atomic E-state index is 10.7. The molecule has 94 valence electrons. The molecule has 0 saturated carbocycles. The van der Waals surface area contributed by atoms with Gasteiger partial charge in [0.25, 0.3) is 0 Å². The minimum absolute atomic E-state index is 0.0578. The summed E-state index contributed by atoms with van der Waals surface area (Å²) in [5, 5.41) is 18.1. The molecule has 0 aliphatic heterocycles. The number of hydrogen-bond acceptors (Lipinski definition) is 3. The number of carboxylic acids is 1. The predicted octanol–water partition coefficient (Wildman–Crippen LogP) is 2.94. The van der Waals surface area contributed by atoms with E-state index in [1.54, 1.807) is 25.1 Å². The van der Waals surface area contributed by atoms with E-state index < -0.39 is 11.4 Å². The first-order valence-corrected chi connectivity index (χ1v) is 6.22. The van der Waals surface area contributed by atoms with E-state index in [2.05, 4.69) is 18.7 Å². The van der Waals surface area contributed by atoms with Crippen molar-refractivity contribution in [3.63, 3.8) is 0 Å². The monoisotopic (exact) mass is 279 g/mol. The largest absolute Gasteiger partial charge is 0.481 e. The van der Waals surface area contributed by atoms with Crippen LogP contribution in [-0.2, 0) is 10.2 Å².